The number of benzene rings is 2. The highest BCUT2D eigenvalue weighted by molar-refractivity contribution is 7.98. The Kier molecular flexibility index (Phi) is 4.68. The molecule has 0 radical (unpaired) electrons. The molecule has 7 heteroatoms. The molecule has 4 rings (SSSR count). The van der Waals surface area contributed by atoms with Gasteiger partial charge in [0.05, 0.1) is 24.1 Å². The van der Waals surface area contributed by atoms with Crippen molar-refractivity contribution in [3.8, 4) is 11.3 Å². The second-order valence-corrected chi connectivity index (χ2v) is 7.60. The average molecular weight is 393 g/mol. The molecule has 2 heterocycles. The average Bonchev–Trinajstić information content (AvgIpc) is 3.05. The summed E-state index contributed by atoms with van der Waals surface area (Å²) < 4.78 is 6.55. The van der Waals surface area contributed by atoms with E-state index in [1.54, 1.807) is 40.7 Å². The molecule has 2 aromatic carbocycles. The minimum absolute atomic E-state index is 0.304. The molecule has 28 heavy (non-hydrogen) atoms. The Morgan fingerprint density at radius 3 is 2.79 bits per heavy atom. The van der Waals surface area contributed by atoms with Crippen molar-refractivity contribution in [2.24, 2.45) is 7.05 Å². The van der Waals surface area contributed by atoms with Crippen LogP contribution in [-0.4, -0.2) is 28.8 Å². The molecule has 6 nitrogen and oxygen atoms in total. The van der Waals surface area contributed by atoms with Crippen LogP contribution in [0.25, 0.3) is 11.3 Å². The molecule has 1 aliphatic rings. The number of hydrogen-bond acceptors (Lipinski definition) is 5. The van der Waals surface area contributed by atoms with Gasteiger partial charge in [-0.05, 0) is 31.2 Å². The van der Waals surface area contributed by atoms with E-state index in [0.29, 0.717) is 22.7 Å². The molecule has 0 aliphatic carbocycles. The van der Waals surface area contributed by atoms with Gasteiger partial charge in [0.2, 0.25) is 0 Å². The summed E-state index contributed by atoms with van der Waals surface area (Å²) in [6, 6.07) is 13.1. The fraction of sp³-hybridized carbons (Fsp3) is 0.190. The lowest BCUT2D eigenvalue weighted by atomic mass is 10.0. The molecule has 1 aliphatic heterocycles. The zero-order valence-electron chi connectivity index (χ0n) is 15.8. The largest absolute Gasteiger partial charge is 0.465 e. The Labute approximate surface area is 166 Å². The quantitative estimate of drug-likeness (QED) is 0.680. The number of carbonyl (C=O) groups excluding carboxylic acids is 2. The summed E-state index contributed by atoms with van der Waals surface area (Å²) in [6.45, 7) is 2.05. The van der Waals surface area contributed by atoms with Crippen LogP contribution in [0.3, 0.4) is 0 Å². The third-order valence-electron chi connectivity index (χ3n) is 4.70. The first-order chi connectivity index (χ1) is 13.5. The van der Waals surface area contributed by atoms with E-state index in [0.717, 1.165) is 22.4 Å². The first-order valence-electron chi connectivity index (χ1n) is 8.78. The number of esters is 1. The Hall–Kier alpha value is -3.06. The first kappa shape index (κ1) is 18.3. The van der Waals surface area contributed by atoms with Crippen molar-refractivity contribution >= 4 is 29.3 Å². The van der Waals surface area contributed by atoms with Gasteiger partial charge in [-0.3, -0.25) is 9.48 Å². The lowest BCUT2D eigenvalue weighted by Gasteiger charge is -2.18. The molecule has 1 aromatic heterocycles. The summed E-state index contributed by atoms with van der Waals surface area (Å²) in [5.74, 6) is -0.176. The molecule has 0 saturated heterocycles. The number of aryl methyl sites for hydroxylation is 2. The van der Waals surface area contributed by atoms with Gasteiger partial charge < -0.3 is 10.1 Å². The maximum Gasteiger partial charge on any atom is 0.339 e. The number of ether oxygens (including phenoxy) is 1. The van der Waals surface area contributed by atoms with E-state index in [9.17, 15) is 9.59 Å². The van der Waals surface area contributed by atoms with E-state index in [2.05, 4.69) is 28.6 Å². The van der Waals surface area contributed by atoms with E-state index >= 15 is 0 Å². The number of para-hydroxylation sites is 1. The van der Waals surface area contributed by atoms with Crippen molar-refractivity contribution in [3.63, 3.8) is 0 Å². The number of fused-ring (bicyclic) bond motifs is 3. The van der Waals surface area contributed by atoms with Crippen LogP contribution >= 0.6 is 11.8 Å². The Morgan fingerprint density at radius 1 is 1.21 bits per heavy atom. The Balaban J connectivity index is 1.72. The molecule has 0 saturated carbocycles. The number of nitrogens with zero attached hydrogens (tertiary/aromatic N) is 2. The first-order valence-corrected chi connectivity index (χ1v) is 9.76. The normalized spacial score (nSPS) is 12.1. The van der Waals surface area contributed by atoms with Gasteiger partial charge in [0, 0.05) is 28.8 Å². The number of rotatable bonds is 3. The number of aromatic nitrogens is 2. The number of amides is 1. The number of hydrogen-bond donors (Lipinski definition) is 1. The van der Waals surface area contributed by atoms with Gasteiger partial charge in [-0.2, -0.15) is 5.10 Å². The van der Waals surface area contributed by atoms with E-state index in [1.807, 2.05) is 14.0 Å². The third kappa shape index (κ3) is 3.07. The van der Waals surface area contributed by atoms with E-state index in [1.165, 1.54) is 12.0 Å². The van der Waals surface area contributed by atoms with Crippen molar-refractivity contribution in [2.45, 2.75) is 17.6 Å². The van der Waals surface area contributed by atoms with E-state index in [4.69, 9.17) is 4.74 Å². The summed E-state index contributed by atoms with van der Waals surface area (Å²) >= 11 is 1.70. The van der Waals surface area contributed by atoms with Crippen molar-refractivity contribution in [2.75, 3.05) is 12.4 Å². The van der Waals surface area contributed by atoms with Gasteiger partial charge in [0.1, 0.15) is 0 Å². The molecule has 0 atom stereocenters. The predicted octanol–water partition coefficient (Wildman–Crippen LogP) is 4.04. The monoisotopic (exact) mass is 393 g/mol. The minimum Gasteiger partial charge on any atom is -0.465 e. The SMILES string of the molecule is COC(=O)c1ccccc1NC(=O)c1nn(C)c2c1CSc1ccc(C)cc1-2. The van der Waals surface area contributed by atoms with Gasteiger partial charge in [0.15, 0.2) is 5.69 Å². The maximum atomic E-state index is 13.0. The predicted molar refractivity (Wildman–Crippen MR) is 109 cm³/mol. The Morgan fingerprint density at radius 2 is 2.00 bits per heavy atom. The van der Waals surface area contributed by atoms with Crippen molar-refractivity contribution in [1.29, 1.82) is 0 Å². The number of methoxy groups -OCH3 is 1. The fourth-order valence-corrected chi connectivity index (χ4v) is 4.44. The maximum absolute atomic E-state index is 13.0. The van der Waals surface area contributed by atoms with Crippen molar-refractivity contribution in [1.82, 2.24) is 9.78 Å². The standard InChI is InChI=1S/C21H19N3O3S/c1-12-8-9-17-14(10-12)19-15(11-28-17)18(23-24(19)2)20(25)22-16-7-5-4-6-13(16)21(26)27-3/h4-10H,11H2,1-3H3,(H,22,25). The van der Waals surface area contributed by atoms with E-state index in [-0.39, 0.29) is 5.91 Å². The molecule has 0 unspecified atom stereocenters. The summed E-state index contributed by atoms with van der Waals surface area (Å²) in [5.41, 5.74) is 5.19. The molecular weight excluding hydrogens is 374 g/mol. The fourth-order valence-electron chi connectivity index (χ4n) is 3.39. The summed E-state index contributed by atoms with van der Waals surface area (Å²) in [4.78, 5) is 26.1. The van der Waals surface area contributed by atoms with Crippen LogP contribution in [0.2, 0.25) is 0 Å². The third-order valence-corrected chi connectivity index (χ3v) is 5.80. The lowest BCUT2D eigenvalue weighted by Crippen LogP contribution is -2.17. The lowest BCUT2D eigenvalue weighted by molar-refractivity contribution is 0.0602. The molecule has 142 valence electrons. The molecule has 0 bridgehead atoms. The topological polar surface area (TPSA) is 73.2 Å². The summed E-state index contributed by atoms with van der Waals surface area (Å²) in [6.07, 6.45) is 0. The van der Waals surface area contributed by atoms with Crippen LogP contribution in [0.5, 0.6) is 0 Å². The van der Waals surface area contributed by atoms with Gasteiger partial charge in [0.25, 0.3) is 5.91 Å². The molecule has 0 fully saturated rings. The van der Waals surface area contributed by atoms with Gasteiger partial charge in [-0.25, -0.2) is 4.79 Å². The highest BCUT2D eigenvalue weighted by Gasteiger charge is 2.28. The summed E-state index contributed by atoms with van der Waals surface area (Å²) in [7, 11) is 3.16. The number of thioether (sulfide) groups is 1. The Bertz CT molecular complexity index is 1100. The van der Waals surface area contributed by atoms with Gasteiger partial charge >= 0.3 is 5.97 Å². The number of nitrogens with one attached hydrogen (secondary N) is 1. The molecule has 1 N–H and O–H groups in total. The molecular formula is C21H19N3O3S. The molecule has 1 amide bonds. The van der Waals surface area contributed by atoms with E-state index < -0.39 is 5.97 Å². The van der Waals surface area contributed by atoms with Gasteiger partial charge in [-0.1, -0.05) is 23.8 Å². The second kappa shape index (κ2) is 7.16. The smallest absolute Gasteiger partial charge is 0.339 e. The van der Waals surface area contributed by atoms with Crippen LogP contribution in [0.15, 0.2) is 47.4 Å². The zero-order valence-corrected chi connectivity index (χ0v) is 16.6. The van der Waals surface area contributed by atoms with Crippen molar-refractivity contribution in [3.05, 3.63) is 64.8 Å². The molecule has 3 aromatic rings. The summed E-state index contributed by atoms with van der Waals surface area (Å²) in [5, 5.41) is 7.30. The van der Waals surface area contributed by atoms with Crippen molar-refractivity contribution < 1.29 is 14.3 Å². The number of anilines is 1. The zero-order chi connectivity index (χ0) is 19.8. The van der Waals surface area contributed by atoms with Crippen LogP contribution in [-0.2, 0) is 17.5 Å². The minimum atomic E-state index is -0.501. The highest BCUT2D eigenvalue weighted by atomic mass is 32.2. The van der Waals surface area contributed by atoms with Crippen LogP contribution < -0.4 is 5.32 Å². The molecule has 0 spiro atoms. The second-order valence-electron chi connectivity index (χ2n) is 6.58. The van der Waals surface area contributed by atoms with Crippen LogP contribution in [0, 0.1) is 6.92 Å². The van der Waals surface area contributed by atoms with Gasteiger partial charge in [-0.15, -0.1) is 11.8 Å². The number of carbonyl (C=O) groups is 2. The highest BCUT2D eigenvalue weighted by Crippen LogP contribution is 2.43. The van der Waals surface area contributed by atoms with Crippen LogP contribution in [0.4, 0.5) is 5.69 Å². The van der Waals surface area contributed by atoms with Crippen LogP contribution in [0.1, 0.15) is 32.0 Å².